The third kappa shape index (κ3) is 2.11. The van der Waals surface area contributed by atoms with Crippen molar-refractivity contribution in [3.05, 3.63) is 15.3 Å². The van der Waals surface area contributed by atoms with Crippen LogP contribution in [0.1, 0.15) is 6.92 Å². The van der Waals surface area contributed by atoms with Crippen LogP contribution in [0, 0.1) is 0 Å². The normalized spacial score (nSPS) is 11.8. The van der Waals surface area contributed by atoms with Crippen molar-refractivity contribution in [1.82, 2.24) is 13.8 Å². The van der Waals surface area contributed by atoms with E-state index in [1.807, 2.05) is 0 Å². The molecule has 0 saturated heterocycles. The molecule has 1 aromatic rings. The van der Waals surface area contributed by atoms with Crippen molar-refractivity contribution in [3.8, 4) is 0 Å². The summed E-state index contributed by atoms with van der Waals surface area (Å²) >= 11 is 1.13. The molecule has 2 amide bonds. The van der Waals surface area contributed by atoms with Crippen LogP contribution in [-0.4, -0.2) is 21.1 Å². The molecule has 0 atom stereocenters. The fraction of sp³-hybridized carbons (Fsp3) is 0.571. The highest BCUT2D eigenvalue weighted by Gasteiger charge is 2.02. The number of rotatable bonds is 1. The van der Waals surface area contributed by atoms with E-state index in [-0.39, 0.29) is 5.69 Å². The van der Waals surface area contributed by atoms with Gasteiger partial charge in [-0.15, -0.1) is 0 Å². The maximum atomic E-state index is 11.3. The van der Waals surface area contributed by atoms with Gasteiger partial charge in [-0.05, 0) is 18.5 Å². The van der Waals surface area contributed by atoms with Crippen LogP contribution in [0.3, 0.4) is 0 Å². The van der Waals surface area contributed by atoms with Crippen LogP contribution in [0.2, 0.25) is 0 Å². The predicted molar refractivity (Wildman–Crippen MR) is 53.2 cm³/mol. The summed E-state index contributed by atoms with van der Waals surface area (Å²) in [6.07, 6.45) is 0. The van der Waals surface area contributed by atoms with Crippen molar-refractivity contribution in [3.63, 3.8) is 0 Å². The minimum atomic E-state index is -0.426. The standard InChI is InChI=1S/C7H12N4O2S/c1-4-8-5(12)9-6-10(2)7(13)11(3)14-6/h4H2,1-3H3,(H,8,12)/b9-6+. The van der Waals surface area contributed by atoms with E-state index in [4.69, 9.17) is 0 Å². The third-order valence-electron chi connectivity index (χ3n) is 1.59. The molecule has 0 spiro atoms. The summed E-state index contributed by atoms with van der Waals surface area (Å²) < 4.78 is 2.75. The van der Waals surface area contributed by atoms with E-state index in [1.165, 1.54) is 8.52 Å². The van der Waals surface area contributed by atoms with Gasteiger partial charge in [0.15, 0.2) is 0 Å². The van der Waals surface area contributed by atoms with Crippen LogP contribution in [0.5, 0.6) is 0 Å². The zero-order valence-electron chi connectivity index (χ0n) is 8.27. The van der Waals surface area contributed by atoms with Gasteiger partial charge in [-0.25, -0.2) is 13.5 Å². The second kappa shape index (κ2) is 4.23. The molecule has 1 heterocycles. The van der Waals surface area contributed by atoms with Gasteiger partial charge in [0.1, 0.15) is 0 Å². The molecule has 1 rings (SSSR count). The Balaban J connectivity index is 3.13. The maximum Gasteiger partial charge on any atom is 0.343 e. The Kier molecular flexibility index (Phi) is 3.23. The molecule has 1 N–H and O–H groups in total. The van der Waals surface area contributed by atoms with E-state index in [0.717, 1.165) is 11.5 Å². The first-order valence-corrected chi connectivity index (χ1v) is 4.89. The fourth-order valence-corrected chi connectivity index (χ4v) is 1.66. The Morgan fingerprint density at radius 1 is 1.57 bits per heavy atom. The number of hydrogen-bond donors (Lipinski definition) is 1. The van der Waals surface area contributed by atoms with Crippen LogP contribution >= 0.6 is 11.5 Å². The van der Waals surface area contributed by atoms with Crippen LogP contribution in [-0.2, 0) is 14.1 Å². The molecule has 0 bridgehead atoms. The van der Waals surface area contributed by atoms with Crippen molar-refractivity contribution in [2.24, 2.45) is 19.1 Å². The van der Waals surface area contributed by atoms with Crippen LogP contribution in [0.15, 0.2) is 9.79 Å². The molecule has 7 heteroatoms. The average molecular weight is 216 g/mol. The number of nitrogens with zero attached hydrogens (tertiary/aromatic N) is 3. The molecule has 0 aliphatic rings. The van der Waals surface area contributed by atoms with E-state index in [9.17, 15) is 9.59 Å². The smallest absolute Gasteiger partial charge is 0.336 e. The van der Waals surface area contributed by atoms with Crippen molar-refractivity contribution in [2.45, 2.75) is 6.92 Å². The average Bonchev–Trinajstić information content (AvgIpc) is 2.34. The predicted octanol–water partition coefficient (Wildman–Crippen LogP) is -0.584. The van der Waals surface area contributed by atoms with Gasteiger partial charge in [0.2, 0.25) is 4.80 Å². The van der Waals surface area contributed by atoms with Gasteiger partial charge in [0.05, 0.1) is 0 Å². The third-order valence-corrected chi connectivity index (χ3v) is 2.55. The quantitative estimate of drug-likeness (QED) is 0.682. The first kappa shape index (κ1) is 10.7. The van der Waals surface area contributed by atoms with Crippen LogP contribution in [0.25, 0.3) is 0 Å². The lowest BCUT2D eigenvalue weighted by atomic mass is 10.7. The molecule has 0 saturated carbocycles. The number of aromatic nitrogens is 2. The summed E-state index contributed by atoms with van der Waals surface area (Å²) in [6, 6.07) is -0.426. The second-order valence-electron chi connectivity index (χ2n) is 2.66. The Morgan fingerprint density at radius 2 is 2.21 bits per heavy atom. The fourth-order valence-electron chi connectivity index (χ4n) is 0.889. The number of aryl methyl sites for hydroxylation is 1. The van der Waals surface area contributed by atoms with Crippen LogP contribution in [0.4, 0.5) is 4.79 Å². The molecule has 0 unspecified atom stereocenters. The molecule has 0 aliphatic carbocycles. The largest absolute Gasteiger partial charge is 0.343 e. The Bertz CT molecular complexity index is 453. The topological polar surface area (TPSA) is 68.4 Å². The highest BCUT2D eigenvalue weighted by molar-refractivity contribution is 7.03. The van der Waals surface area contributed by atoms with Crippen molar-refractivity contribution in [1.29, 1.82) is 0 Å². The van der Waals surface area contributed by atoms with Gasteiger partial charge in [0.25, 0.3) is 0 Å². The number of nitrogens with one attached hydrogen (secondary N) is 1. The van der Waals surface area contributed by atoms with Gasteiger partial charge < -0.3 is 5.32 Å². The van der Waals surface area contributed by atoms with Crippen molar-refractivity contribution >= 4 is 17.6 Å². The number of amides is 2. The summed E-state index contributed by atoms with van der Waals surface area (Å²) in [5, 5.41) is 2.53. The Labute approximate surface area is 84.7 Å². The zero-order valence-corrected chi connectivity index (χ0v) is 9.09. The van der Waals surface area contributed by atoms with E-state index in [2.05, 4.69) is 10.3 Å². The van der Waals surface area contributed by atoms with Crippen LogP contribution < -0.4 is 15.8 Å². The lowest BCUT2D eigenvalue weighted by Gasteiger charge is -1.92. The summed E-state index contributed by atoms with van der Waals surface area (Å²) in [4.78, 5) is 26.5. The summed E-state index contributed by atoms with van der Waals surface area (Å²) in [5.74, 6) is 0. The molecule has 14 heavy (non-hydrogen) atoms. The first-order valence-electron chi connectivity index (χ1n) is 4.12. The second-order valence-corrected chi connectivity index (χ2v) is 3.76. The van der Waals surface area contributed by atoms with Crippen molar-refractivity contribution < 1.29 is 4.79 Å². The summed E-state index contributed by atoms with van der Waals surface area (Å²) in [5.41, 5.74) is -0.182. The monoisotopic (exact) mass is 216 g/mol. The van der Waals surface area contributed by atoms with Gasteiger partial charge in [0, 0.05) is 20.6 Å². The molecular formula is C7H12N4O2S. The number of urea groups is 1. The van der Waals surface area contributed by atoms with Gasteiger partial charge in [-0.1, -0.05) is 0 Å². The number of carbonyl (C=O) groups excluding carboxylic acids is 1. The lowest BCUT2D eigenvalue weighted by Crippen LogP contribution is -2.28. The van der Waals surface area contributed by atoms with Crippen molar-refractivity contribution in [2.75, 3.05) is 6.54 Å². The SMILES string of the molecule is CCNC(=O)/N=c1/sn(C)c(=O)n1C. The minimum absolute atomic E-state index is 0.182. The highest BCUT2D eigenvalue weighted by Crippen LogP contribution is 1.80. The molecular weight excluding hydrogens is 204 g/mol. The van der Waals surface area contributed by atoms with E-state index < -0.39 is 6.03 Å². The molecule has 0 aliphatic heterocycles. The molecule has 6 nitrogen and oxygen atoms in total. The molecule has 0 aromatic carbocycles. The highest BCUT2D eigenvalue weighted by atomic mass is 32.1. The maximum absolute atomic E-state index is 11.3. The van der Waals surface area contributed by atoms with Gasteiger partial charge in [-0.3, -0.25) is 4.57 Å². The first-order chi connectivity index (χ1) is 6.56. The Morgan fingerprint density at radius 3 is 2.64 bits per heavy atom. The zero-order chi connectivity index (χ0) is 10.7. The van der Waals surface area contributed by atoms with Gasteiger partial charge >= 0.3 is 11.7 Å². The van der Waals surface area contributed by atoms with E-state index >= 15 is 0 Å². The molecule has 78 valence electrons. The van der Waals surface area contributed by atoms with E-state index in [0.29, 0.717) is 11.3 Å². The summed E-state index contributed by atoms with van der Waals surface area (Å²) in [6.45, 7) is 2.33. The summed E-state index contributed by atoms with van der Waals surface area (Å²) in [7, 11) is 3.21. The Hall–Kier alpha value is -1.37. The number of hydrogen-bond acceptors (Lipinski definition) is 3. The van der Waals surface area contributed by atoms with Gasteiger partial charge in [-0.2, -0.15) is 4.99 Å². The molecule has 1 aromatic heterocycles. The lowest BCUT2D eigenvalue weighted by molar-refractivity contribution is 0.249. The molecule has 0 fully saturated rings. The van der Waals surface area contributed by atoms with E-state index in [1.54, 1.807) is 21.0 Å². The minimum Gasteiger partial charge on any atom is -0.336 e. The number of carbonyl (C=O) groups is 1. The molecule has 0 radical (unpaired) electrons.